The number of furan rings is 1. The summed E-state index contributed by atoms with van der Waals surface area (Å²) in [5.74, 6) is 0. The number of hydrogen-bond donors (Lipinski definition) is 0. The summed E-state index contributed by atoms with van der Waals surface area (Å²) in [6.45, 7) is 0. The molecule has 1 aliphatic rings. The Morgan fingerprint density at radius 2 is 0.678 bits per heavy atom. The molecule has 0 aliphatic heterocycles. The van der Waals surface area contributed by atoms with Crippen molar-refractivity contribution in [3.63, 3.8) is 0 Å². The molecule has 0 spiro atoms. The van der Waals surface area contributed by atoms with Crippen molar-refractivity contribution in [3.05, 3.63) is 206 Å². The Bertz CT molecular complexity index is 3630. The standard InChI is InChI=1S/C58H34O/c1-2-15-39-35(13-1)31-32-52-51-25-12-26-53(58(51)59-57(39)52)56-48-21-9-7-19-46(48)54(47-20-8-10-22-49(47)56)37-29-27-36(28-30-37)38-14-3-4-16-40(38)43-33-34-50-42-18-6-5-17-41(42)44-23-11-24-45(43)55(44)50/h1-34H. The molecular weight excluding hydrogens is 713 g/mol. The van der Waals surface area contributed by atoms with Crippen molar-refractivity contribution in [2.45, 2.75) is 0 Å². The molecule has 11 aromatic carbocycles. The molecular formula is C58H34O. The molecule has 0 bridgehead atoms. The zero-order valence-electron chi connectivity index (χ0n) is 32.0. The first-order chi connectivity index (χ1) is 29.3. The van der Waals surface area contributed by atoms with Crippen LogP contribution in [0, 0.1) is 0 Å². The third-order valence-electron chi connectivity index (χ3n) is 12.8. The van der Waals surface area contributed by atoms with E-state index in [9.17, 15) is 0 Å². The van der Waals surface area contributed by atoms with E-state index < -0.39 is 0 Å². The maximum Gasteiger partial charge on any atom is 0.143 e. The van der Waals surface area contributed by atoms with Crippen molar-refractivity contribution in [1.29, 1.82) is 0 Å². The van der Waals surface area contributed by atoms with Crippen LogP contribution < -0.4 is 0 Å². The summed E-state index contributed by atoms with van der Waals surface area (Å²) in [5.41, 5.74) is 16.8. The van der Waals surface area contributed by atoms with Gasteiger partial charge in [0.1, 0.15) is 11.2 Å². The lowest BCUT2D eigenvalue weighted by atomic mass is 9.85. The van der Waals surface area contributed by atoms with Gasteiger partial charge >= 0.3 is 0 Å². The van der Waals surface area contributed by atoms with E-state index in [4.69, 9.17) is 4.42 Å². The van der Waals surface area contributed by atoms with Crippen molar-refractivity contribution in [1.82, 2.24) is 0 Å². The summed E-state index contributed by atoms with van der Waals surface area (Å²) in [4.78, 5) is 0. The van der Waals surface area contributed by atoms with Gasteiger partial charge in [-0.2, -0.15) is 0 Å². The van der Waals surface area contributed by atoms with Gasteiger partial charge in [-0.25, -0.2) is 0 Å². The number of hydrogen-bond acceptors (Lipinski definition) is 1. The van der Waals surface area contributed by atoms with E-state index in [0.717, 1.165) is 32.9 Å². The van der Waals surface area contributed by atoms with E-state index >= 15 is 0 Å². The van der Waals surface area contributed by atoms with Crippen LogP contribution in [0.25, 0.3) is 132 Å². The molecule has 12 aromatic rings. The van der Waals surface area contributed by atoms with E-state index in [-0.39, 0.29) is 0 Å². The van der Waals surface area contributed by atoms with E-state index in [1.807, 2.05) is 0 Å². The van der Waals surface area contributed by atoms with Crippen molar-refractivity contribution in [2.75, 3.05) is 0 Å². The molecule has 0 saturated heterocycles. The van der Waals surface area contributed by atoms with E-state index in [2.05, 4.69) is 206 Å². The van der Waals surface area contributed by atoms with Crippen LogP contribution in [0.15, 0.2) is 211 Å². The fourth-order valence-electron chi connectivity index (χ4n) is 10.3. The van der Waals surface area contributed by atoms with Crippen LogP contribution in [0.4, 0.5) is 0 Å². The fourth-order valence-corrected chi connectivity index (χ4v) is 10.3. The minimum absolute atomic E-state index is 0.926. The zero-order valence-corrected chi connectivity index (χ0v) is 32.0. The van der Waals surface area contributed by atoms with Gasteiger partial charge in [0, 0.05) is 27.3 Å². The molecule has 13 rings (SSSR count). The second kappa shape index (κ2) is 12.4. The minimum atomic E-state index is 0.926. The van der Waals surface area contributed by atoms with Crippen LogP contribution in [0.1, 0.15) is 0 Å². The van der Waals surface area contributed by atoms with E-state index in [0.29, 0.717) is 0 Å². The highest BCUT2D eigenvalue weighted by Gasteiger charge is 2.24. The maximum absolute atomic E-state index is 6.91. The summed E-state index contributed by atoms with van der Waals surface area (Å²) >= 11 is 0. The SMILES string of the molecule is c1ccc(-c2ccc3c4c(cccc24)-c2ccccc2-3)c(-c2ccc(-c3c4ccccc4c(-c4cccc5c4oc4c6ccccc6ccc54)c4ccccc34)cc2)c1. The first-order valence-corrected chi connectivity index (χ1v) is 20.4. The summed E-state index contributed by atoms with van der Waals surface area (Å²) < 4.78 is 6.91. The van der Waals surface area contributed by atoms with E-state index in [1.165, 1.54) is 98.9 Å². The molecule has 1 nitrogen and oxygen atoms in total. The summed E-state index contributed by atoms with van der Waals surface area (Å²) in [6, 6.07) is 75.6. The van der Waals surface area contributed by atoms with Crippen LogP contribution in [0.3, 0.4) is 0 Å². The van der Waals surface area contributed by atoms with Gasteiger partial charge < -0.3 is 4.42 Å². The van der Waals surface area contributed by atoms with Crippen LogP contribution in [-0.4, -0.2) is 0 Å². The molecule has 1 aromatic heterocycles. The minimum Gasteiger partial charge on any atom is -0.455 e. The first-order valence-electron chi connectivity index (χ1n) is 20.4. The third-order valence-corrected chi connectivity index (χ3v) is 12.8. The Kier molecular flexibility index (Phi) is 6.79. The number of rotatable bonds is 4. The summed E-state index contributed by atoms with van der Waals surface area (Å²) in [6.07, 6.45) is 0. The van der Waals surface area contributed by atoms with Crippen LogP contribution in [0.5, 0.6) is 0 Å². The van der Waals surface area contributed by atoms with Gasteiger partial charge in [0.15, 0.2) is 0 Å². The van der Waals surface area contributed by atoms with Gasteiger partial charge in [0.2, 0.25) is 0 Å². The smallest absolute Gasteiger partial charge is 0.143 e. The summed E-state index contributed by atoms with van der Waals surface area (Å²) in [7, 11) is 0. The Labute approximate surface area is 341 Å². The normalized spacial score (nSPS) is 12.1. The van der Waals surface area contributed by atoms with Crippen molar-refractivity contribution in [2.24, 2.45) is 0 Å². The second-order valence-electron chi connectivity index (χ2n) is 15.8. The second-order valence-corrected chi connectivity index (χ2v) is 15.8. The molecule has 0 amide bonds. The van der Waals surface area contributed by atoms with Crippen molar-refractivity contribution >= 4 is 65.0 Å². The Morgan fingerprint density at radius 3 is 1.37 bits per heavy atom. The molecule has 0 unspecified atom stereocenters. The number of fused-ring (bicyclic) bond motifs is 10. The van der Waals surface area contributed by atoms with Crippen LogP contribution >= 0.6 is 0 Å². The van der Waals surface area contributed by atoms with Gasteiger partial charge in [-0.05, 0) is 99.4 Å². The molecule has 272 valence electrons. The average molecular weight is 747 g/mol. The van der Waals surface area contributed by atoms with Crippen molar-refractivity contribution in [3.8, 4) is 66.8 Å². The third kappa shape index (κ3) is 4.62. The quantitative estimate of drug-likeness (QED) is 0.164. The van der Waals surface area contributed by atoms with Gasteiger partial charge in [0.25, 0.3) is 0 Å². The van der Waals surface area contributed by atoms with Gasteiger partial charge in [0.05, 0.1) is 0 Å². The van der Waals surface area contributed by atoms with Gasteiger partial charge in [-0.3, -0.25) is 0 Å². The summed E-state index contributed by atoms with van der Waals surface area (Å²) in [5, 5.41) is 12.1. The van der Waals surface area contributed by atoms with Crippen molar-refractivity contribution < 1.29 is 4.42 Å². The highest BCUT2D eigenvalue weighted by Crippen LogP contribution is 2.51. The Hall–Kier alpha value is -7.74. The largest absolute Gasteiger partial charge is 0.455 e. The van der Waals surface area contributed by atoms with Gasteiger partial charge in [-0.15, -0.1) is 0 Å². The highest BCUT2D eigenvalue weighted by atomic mass is 16.3. The molecule has 1 heteroatoms. The lowest BCUT2D eigenvalue weighted by Gasteiger charge is -2.18. The molecule has 0 fully saturated rings. The van der Waals surface area contributed by atoms with Gasteiger partial charge in [-0.1, -0.05) is 200 Å². The predicted molar refractivity (Wildman–Crippen MR) is 250 cm³/mol. The molecule has 0 saturated carbocycles. The molecule has 0 atom stereocenters. The monoisotopic (exact) mass is 746 g/mol. The van der Waals surface area contributed by atoms with E-state index in [1.54, 1.807) is 0 Å². The Balaban J connectivity index is 0.975. The highest BCUT2D eigenvalue weighted by molar-refractivity contribution is 6.25. The van der Waals surface area contributed by atoms with Crippen LogP contribution in [-0.2, 0) is 0 Å². The Morgan fingerprint density at radius 1 is 0.220 bits per heavy atom. The molecule has 1 heterocycles. The topological polar surface area (TPSA) is 13.1 Å². The first kappa shape index (κ1) is 32.4. The lowest BCUT2D eigenvalue weighted by molar-refractivity contribution is 0.674. The lowest BCUT2D eigenvalue weighted by Crippen LogP contribution is -1.91. The van der Waals surface area contributed by atoms with Crippen LogP contribution in [0.2, 0.25) is 0 Å². The predicted octanol–water partition coefficient (Wildman–Crippen LogP) is 16.5. The number of benzene rings is 11. The average Bonchev–Trinajstić information content (AvgIpc) is 3.86. The molecule has 0 N–H and O–H groups in total. The molecule has 1 aliphatic carbocycles. The molecule has 0 radical (unpaired) electrons. The number of para-hydroxylation sites is 1. The molecule has 59 heavy (non-hydrogen) atoms. The zero-order chi connectivity index (χ0) is 38.6. The maximum atomic E-state index is 6.91. The fraction of sp³-hybridized carbons (Fsp3) is 0.